The van der Waals surface area contributed by atoms with Crippen LogP contribution < -0.4 is 10.9 Å². The van der Waals surface area contributed by atoms with E-state index in [1.807, 2.05) is 0 Å². The van der Waals surface area contributed by atoms with Crippen molar-refractivity contribution in [2.45, 2.75) is 20.4 Å². The summed E-state index contributed by atoms with van der Waals surface area (Å²) in [6.45, 7) is 5.03. The van der Waals surface area contributed by atoms with Crippen molar-refractivity contribution >= 4 is 131 Å². The Kier molecular flexibility index (Phi) is 4.69. The molecule has 0 aliphatic rings. The quantitative estimate of drug-likeness (QED) is 0.205. The van der Waals surface area contributed by atoms with Crippen molar-refractivity contribution < 1.29 is 0 Å². The lowest BCUT2D eigenvalue weighted by Gasteiger charge is -2.10. The lowest BCUT2D eigenvalue weighted by atomic mass is 10.1. The van der Waals surface area contributed by atoms with E-state index < -0.39 is 0 Å². The monoisotopic (exact) mass is 575 g/mol. The highest BCUT2D eigenvalue weighted by atomic mass is 35.5. The van der Waals surface area contributed by atoms with Crippen LogP contribution in [0.4, 0.5) is 0 Å². The fraction of sp³-hybridized carbons (Fsp3) is 0.154. The van der Waals surface area contributed by atoms with Gasteiger partial charge in [0.2, 0.25) is 10.9 Å². The molecule has 4 aromatic carbocycles. The van der Waals surface area contributed by atoms with Crippen molar-refractivity contribution in [3.8, 4) is 0 Å². The van der Waals surface area contributed by atoms with Gasteiger partial charge in [-0.15, -0.1) is 22.7 Å². The number of hydrogen-bond donors (Lipinski definition) is 0. The number of hydrogen-bond acceptors (Lipinski definition) is 4. The topological polar surface area (TPSA) is 39.1 Å². The number of benzene rings is 2. The molecule has 0 amide bonds. The predicted octanol–water partition coefficient (Wildman–Crippen LogP) is 9.40. The highest BCUT2D eigenvalue weighted by molar-refractivity contribution is 7.34. The Bertz CT molecular complexity index is 2010. The van der Waals surface area contributed by atoms with Gasteiger partial charge >= 0.3 is 0 Å². The van der Waals surface area contributed by atoms with Gasteiger partial charge in [0.25, 0.3) is 0 Å². The summed E-state index contributed by atoms with van der Waals surface area (Å²) in [6, 6.07) is 6.91. The van der Waals surface area contributed by atoms with Crippen molar-refractivity contribution in [3.05, 3.63) is 64.8 Å². The molecule has 0 bridgehead atoms. The summed E-state index contributed by atoms with van der Waals surface area (Å²) in [6.07, 6.45) is 0. The normalized spacial score (nSPS) is 12.9. The molecular weight excluding hydrogens is 564 g/mol. The lowest BCUT2D eigenvalue weighted by molar-refractivity contribution is 0.547. The zero-order valence-electron chi connectivity index (χ0n) is 18.2. The maximum atomic E-state index is 13.3. The molecule has 7 aromatic rings. The third kappa shape index (κ3) is 2.80. The van der Waals surface area contributed by atoms with Crippen molar-refractivity contribution in [1.82, 2.24) is 4.57 Å². The molecule has 0 saturated carbocycles. The summed E-state index contributed by atoms with van der Waals surface area (Å²) >= 11 is 28.2. The second-order valence-corrected chi connectivity index (χ2v) is 12.9. The standard InChI is InChI=1S/C26H13Cl4NO2S2/c1-8(2)7-31-19-17-9-3-13(27)15(29)5-11(9)21(32)23(17)34-25(19)26-20(31)18-10-4-14(28)16(30)6-12(10)22(33)24(18)35-26/h3-6,8H,7H2,1-2H3. The number of nitrogens with zero attached hydrogens (tertiary/aromatic N) is 1. The molecule has 0 aliphatic heterocycles. The smallest absolute Gasteiger partial charge is 0.204 e. The molecule has 0 unspecified atom stereocenters. The van der Waals surface area contributed by atoms with E-state index in [0.29, 0.717) is 46.2 Å². The van der Waals surface area contributed by atoms with Gasteiger partial charge in [0, 0.05) is 28.1 Å². The molecule has 0 atom stereocenters. The SMILES string of the molecule is CC(C)Cn1c2c(sc3c(=O)c4cc(Cl)c(Cl)cc4c32)c2sc3c(=O)c4cc(Cl)c(Cl)cc4c3c21. The summed E-state index contributed by atoms with van der Waals surface area (Å²) in [5, 5.41) is 6.15. The van der Waals surface area contributed by atoms with Crippen LogP contribution in [-0.4, -0.2) is 4.57 Å². The van der Waals surface area contributed by atoms with Crippen LogP contribution in [0.1, 0.15) is 13.8 Å². The van der Waals surface area contributed by atoms with Gasteiger partial charge < -0.3 is 4.57 Å². The van der Waals surface area contributed by atoms with Crippen LogP contribution in [0, 0.1) is 5.92 Å². The van der Waals surface area contributed by atoms with Crippen LogP contribution in [0.2, 0.25) is 20.1 Å². The zero-order chi connectivity index (χ0) is 24.5. The zero-order valence-corrected chi connectivity index (χ0v) is 22.8. The minimum absolute atomic E-state index is 0.0362. The fourth-order valence-electron chi connectivity index (χ4n) is 5.27. The molecule has 3 nitrogen and oxygen atoms in total. The van der Waals surface area contributed by atoms with E-state index in [1.165, 1.54) is 22.7 Å². The fourth-order valence-corrected chi connectivity index (χ4v) is 8.61. The molecule has 9 heteroatoms. The van der Waals surface area contributed by atoms with E-state index in [1.54, 1.807) is 24.3 Å². The number of thiophene rings is 2. The van der Waals surface area contributed by atoms with Crippen molar-refractivity contribution in [1.29, 1.82) is 0 Å². The molecule has 0 N–H and O–H groups in total. The van der Waals surface area contributed by atoms with E-state index in [4.69, 9.17) is 46.4 Å². The molecule has 0 fully saturated rings. The highest BCUT2D eigenvalue weighted by Crippen LogP contribution is 2.50. The summed E-state index contributed by atoms with van der Waals surface area (Å²) < 4.78 is 5.69. The molecule has 7 rings (SSSR count). The van der Waals surface area contributed by atoms with Gasteiger partial charge in [0.1, 0.15) is 0 Å². The predicted molar refractivity (Wildman–Crippen MR) is 155 cm³/mol. The highest BCUT2D eigenvalue weighted by Gasteiger charge is 2.28. The third-order valence-electron chi connectivity index (χ3n) is 6.62. The van der Waals surface area contributed by atoms with Gasteiger partial charge in [-0.25, -0.2) is 0 Å². The van der Waals surface area contributed by atoms with Crippen LogP contribution in [0.3, 0.4) is 0 Å². The van der Waals surface area contributed by atoms with E-state index in [9.17, 15) is 9.59 Å². The van der Waals surface area contributed by atoms with Crippen LogP contribution in [0.5, 0.6) is 0 Å². The van der Waals surface area contributed by atoms with E-state index in [0.717, 1.165) is 48.5 Å². The van der Waals surface area contributed by atoms with Gasteiger partial charge in [-0.3, -0.25) is 9.59 Å². The summed E-state index contributed by atoms with van der Waals surface area (Å²) in [5.41, 5.74) is 1.94. The maximum Gasteiger partial charge on any atom is 0.204 e. The molecule has 174 valence electrons. The Morgan fingerprint density at radius 3 is 1.40 bits per heavy atom. The average molecular weight is 577 g/mol. The van der Waals surface area contributed by atoms with Gasteiger partial charge in [-0.1, -0.05) is 60.3 Å². The number of halogens is 4. The third-order valence-corrected chi connectivity index (χ3v) is 10.6. The summed E-state index contributed by atoms with van der Waals surface area (Å²) in [5.74, 6) is 0.329. The minimum Gasteiger partial charge on any atom is -0.338 e. The van der Waals surface area contributed by atoms with Crippen LogP contribution in [-0.2, 0) is 6.54 Å². The molecule has 35 heavy (non-hydrogen) atoms. The molecule has 0 aliphatic carbocycles. The maximum absolute atomic E-state index is 13.3. The number of fused-ring (bicyclic) bond motifs is 11. The molecule has 3 heterocycles. The van der Waals surface area contributed by atoms with Gasteiger partial charge in [0.15, 0.2) is 0 Å². The summed E-state index contributed by atoms with van der Waals surface area (Å²) in [4.78, 5) is 26.7. The Hall–Kier alpha value is -1.86. The summed E-state index contributed by atoms with van der Waals surface area (Å²) in [7, 11) is 0. The first-order valence-electron chi connectivity index (χ1n) is 10.9. The van der Waals surface area contributed by atoms with Crippen molar-refractivity contribution in [2.24, 2.45) is 5.92 Å². The average Bonchev–Trinajstić information content (AvgIpc) is 3.54. The van der Waals surface area contributed by atoms with Crippen molar-refractivity contribution in [3.63, 3.8) is 0 Å². The Balaban J connectivity index is 1.76. The molecule has 0 spiro atoms. The van der Waals surface area contributed by atoms with Crippen LogP contribution >= 0.6 is 69.1 Å². The van der Waals surface area contributed by atoms with Gasteiger partial charge in [-0.05, 0) is 41.0 Å². The molecular formula is C26H13Cl4NO2S2. The first-order valence-corrected chi connectivity index (χ1v) is 14.0. The lowest BCUT2D eigenvalue weighted by Crippen LogP contribution is -2.03. The Morgan fingerprint density at radius 1 is 0.657 bits per heavy atom. The van der Waals surface area contributed by atoms with E-state index in [-0.39, 0.29) is 10.9 Å². The Morgan fingerprint density at radius 2 is 1.03 bits per heavy atom. The van der Waals surface area contributed by atoms with Gasteiger partial charge in [0.05, 0.1) is 49.9 Å². The molecule has 0 radical (unpaired) electrons. The Labute approximate surface area is 225 Å². The van der Waals surface area contributed by atoms with E-state index >= 15 is 0 Å². The first kappa shape index (κ1) is 22.3. The van der Waals surface area contributed by atoms with Crippen LogP contribution in [0.25, 0.3) is 62.2 Å². The van der Waals surface area contributed by atoms with E-state index in [2.05, 4.69) is 18.4 Å². The van der Waals surface area contributed by atoms with Crippen LogP contribution in [0.15, 0.2) is 33.9 Å². The molecule has 3 aromatic heterocycles. The first-order chi connectivity index (χ1) is 16.7. The molecule has 0 saturated heterocycles. The minimum atomic E-state index is -0.0362. The van der Waals surface area contributed by atoms with Gasteiger partial charge in [-0.2, -0.15) is 0 Å². The second-order valence-electron chi connectivity index (χ2n) is 9.25. The largest absolute Gasteiger partial charge is 0.338 e. The number of aromatic nitrogens is 1. The second kappa shape index (κ2) is 7.34. The van der Waals surface area contributed by atoms with Crippen molar-refractivity contribution in [2.75, 3.05) is 0 Å². The number of rotatable bonds is 2.